The van der Waals surface area contributed by atoms with E-state index in [-0.39, 0.29) is 0 Å². The molecular formula is C20H26O. The Morgan fingerprint density at radius 2 is 1.19 bits per heavy atom. The molecule has 2 rings (SSSR count). The fraction of sp³-hybridized carbons (Fsp3) is 0.450. The average molecular weight is 282 g/mol. The molecule has 0 saturated carbocycles. The van der Waals surface area contributed by atoms with Crippen molar-refractivity contribution in [3.05, 3.63) is 46.5 Å². The first-order chi connectivity index (χ1) is 9.90. The van der Waals surface area contributed by atoms with Crippen molar-refractivity contribution in [3.63, 3.8) is 0 Å². The van der Waals surface area contributed by atoms with Crippen LogP contribution in [0.3, 0.4) is 0 Å². The number of benzene rings is 2. The molecule has 0 aliphatic rings. The van der Waals surface area contributed by atoms with Gasteiger partial charge in [-0.2, -0.15) is 0 Å². The molecule has 0 N–H and O–H groups in total. The van der Waals surface area contributed by atoms with Crippen molar-refractivity contribution in [2.45, 2.75) is 59.3 Å². The highest BCUT2D eigenvalue weighted by molar-refractivity contribution is 6.02. The van der Waals surface area contributed by atoms with Crippen LogP contribution in [0.4, 0.5) is 0 Å². The van der Waals surface area contributed by atoms with Gasteiger partial charge in [-0.25, -0.2) is 0 Å². The number of carbonyl (C=O) groups is 1. The molecule has 112 valence electrons. The normalized spacial score (nSPS) is 11.9. The van der Waals surface area contributed by atoms with Crippen LogP contribution in [0.15, 0.2) is 24.3 Å². The van der Waals surface area contributed by atoms with Crippen LogP contribution in [0.2, 0.25) is 0 Å². The van der Waals surface area contributed by atoms with Crippen LogP contribution in [0.1, 0.15) is 86.3 Å². The Hall–Kier alpha value is -1.63. The minimum absolute atomic E-state index is 0.352. The van der Waals surface area contributed by atoms with Crippen molar-refractivity contribution in [1.82, 2.24) is 0 Å². The first-order valence-corrected chi connectivity index (χ1v) is 7.93. The molecule has 0 radical (unpaired) electrons. The highest BCUT2D eigenvalue weighted by Crippen LogP contribution is 2.40. The average Bonchev–Trinajstić information content (AvgIpc) is 2.43. The second-order valence-electron chi connectivity index (χ2n) is 6.78. The quantitative estimate of drug-likeness (QED) is 0.626. The third-order valence-electron chi connectivity index (χ3n) is 4.23. The highest BCUT2D eigenvalue weighted by atomic mass is 16.1. The molecule has 0 spiro atoms. The van der Waals surface area contributed by atoms with E-state index in [4.69, 9.17) is 0 Å². The Balaban J connectivity index is 3.09. The van der Waals surface area contributed by atoms with Gasteiger partial charge in [-0.15, -0.1) is 0 Å². The van der Waals surface area contributed by atoms with Crippen LogP contribution < -0.4 is 0 Å². The van der Waals surface area contributed by atoms with E-state index in [9.17, 15) is 4.79 Å². The maximum atomic E-state index is 11.8. The van der Waals surface area contributed by atoms with Gasteiger partial charge in [0.2, 0.25) is 0 Å². The van der Waals surface area contributed by atoms with Crippen molar-refractivity contribution in [2.24, 2.45) is 0 Å². The molecule has 0 heterocycles. The first kappa shape index (κ1) is 15.8. The predicted octanol–water partition coefficient (Wildman–Crippen LogP) is 6.02. The number of fused-ring (bicyclic) bond motifs is 1. The van der Waals surface area contributed by atoms with Gasteiger partial charge in [-0.05, 0) is 45.2 Å². The van der Waals surface area contributed by atoms with E-state index in [0.717, 1.165) is 17.2 Å². The molecule has 0 atom stereocenters. The second kappa shape index (κ2) is 6.01. The van der Waals surface area contributed by atoms with Gasteiger partial charge in [-0.3, -0.25) is 4.79 Å². The molecule has 1 heteroatoms. The van der Waals surface area contributed by atoms with E-state index in [2.05, 4.69) is 59.7 Å². The third-order valence-corrected chi connectivity index (χ3v) is 4.23. The summed E-state index contributed by atoms with van der Waals surface area (Å²) in [5.74, 6) is 1.22. The lowest BCUT2D eigenvalue weighted by molar-refractivity contribution is 0.112. The van der Waals surface area contributed by atoms with Gasteiger partial charge < -0.3 is 0 Å². The molecule has 0 unspecified atom stereocenters. The van der Waals surface area contributed by atoms with Gasteiger partial charge in [0.15, 0.2) is 6.29 Å². The number of carbonyl (C=O) groups excluding carboxylic acids is 1. The Labute approximate surface area is 128 Å². The minimum Gasteiger partial charge on any atom is -0.298 e. The smallest absolute Gasteiger partial charge is 0.150 e. The van der Waals surface area contributed by atoms with Crippen molar-refractivity contribution >= 4 is 17.1 Å². The number of hydrogen-bond donors (Lipinski definition) is 0. The Morgan fingerprint density at radius 3 is 1.62 bits per heavy atom. The van der Waals surface area contributed by atoms with Crippen LogP contribution >= 0.6 is 0 Å². The number of rotatable bonds is 4. The van der Waals surface area contributed by atoms with E-state index in [0.29, 0.717) is 17.8 Å². The van der Waals surface area contributed by atoms with E-state index in [1.54, 1.807) is 0 Å². The van der Waals surface area contributed by atoms with E-state index in [1.807, 2.05) is 6.07 Å². The maximum absolute atomic E-state index is 11.8. The molecule has 2 aromatic rings. The van der Waals surface area contributed by atoms with Gasteiger partial charge >= 0.3 is 0 Å². The van der Waals surface area contributed by atoms with Gasteiger partial charge in [0.05, 0.1) is 0 Å². The van der Waals surface area contributed by atoms with Crippen LogP contribution in [0, 0.1) is 0 Å². The summed E-state index contributed by atoms with van der Waals surface area (Å²) >= 11 is 0. The fourth-order valence-electron chi connectivity index (χ4n) is 3.53. The fourth-order valence-corrected chi connectivity index (χ4v) is 3.53. The SMILES string of the molecule is CC(C)c1c(C(C)C)c(C(C)C)c2ccccc2c1C=O. The summed E-state index contributed by atoms with van der Waals surface area (Å²) in [6.45, 7) is 13.3. The molecule has 0 aromatic heterocycles. The minimum atomic E-state index is 0.352. The van der Waals surface area contributed by atoms with Crippen molar-refractivity contribution < 1.29 is 4.79 Å². The number of aldehydes is 1. The van der Waals surface area contributed by atoms with Crippen LogP contribution in [0.5, 0.6) is 0 Å². The third kappa shape index (κ3) is 2.62. The molecule has 21 heavy (non-hydrogen) atoms. The monoisotopic (exact) mass is 282 g/mol. The molecule has 0 fully saturated rings. The lowest BCUT2D eigenvalue weighted by atomic mass is 9.77. The number of hydrogen-bond acceptors (Lipinski definition) is 1. The van der Waals surface area contributed by atoms with Crippen LogP contribution in [-0.2, 0) is 0 Å². The van der Waals surface area contributed by atoms with Crippen molar-refractivity contribution in [2.75, 3.05) is 0 Å². The molecule has 0 bridgehead atoms. The van der Waals surface area contributed by atoms with Gasteiger partial charge in [-0.1, -0.05) is 65.8 Å². The van der Waals surface area contributed by atoms with Crippen molar-refractivity contribution in [1.29, 1.82) is 0 Å². The Kier molecular flexibility index (Phi) is 4.51. The molecule has 1 nitrogen and oxygen atoms in total. The molecule has 0 aliphatic heterocycles. The lowest BCUT2D eigenvalue weighted by Crippen LogP contribution is -2.10. The molecule has 0 amide bonds. The summed E-state index contributed by atoms with van der Waals surface area (Å²) in [5, 5.41) is 2.34. The molecule has 0 aliphatic carbocycles. The summed E-state index contributed by atoms with van der Waals surface area (Å²) in [6.07, 6.45) is 1.05. The second-order valence-corrected chi connectivity index (χ2v) is 6.78. The van der Waals surface area contributed by atoms with Gasteiger partial charge in [0, 0.05) is 5.56 Å². The maximum Gasteiger partial charge on any atom is 0.150 e. The molecule has 0 saturated heterocycles. The zero-order chi connectivity index (χ0) is 15.7. The van der Waals surface area contributed by atoms with E-state index < -0.39 is 0 Å². The van der Waals surface area contributed by atoms with Gasteiger partial charge in [0.25, 0.3) is 0 Å². The first-order valence-electron chi connectivity index (χ1n) is 7.93. The summed E-state index contributed by atoms with van der Waals surface area (Å²) in [4.78, 5) is 11.8. The van der Waals surface area contributed by atoms with Crippen molar-refractivity contribution in [3.8, 4) is 0 Å². The standard InChI is InChI=1S/C20H26O/c1-12(2)18-16-10-8-7-9-15(16)17(11-21)19(13(3)4)20(18)14(5)6/h7-14H,1-6H3. The Morgan fingerprint density at radius 1 is 0.714 bits per heavy atom. The largest absolute Gasteiger partial charge is 0.298 e. The van der Waals surface area contributed by atoms with E-state index >= 15 is 0 Å². The predicted molar refractivity (Wildman–Crippen MR) is 91.6 cm³/mol. The lowest BCUT2D eigenvalue weighted by Gasteiger charge is -2.26. The summed E-state index contributed by atoms with van der Waals surface area (Å²) < 4.78 is 0. The molecular weight excluding hydrogens is 256 g/mol. The zero-order valence-corrected chi connectivity index (χ0v) is 14.0. The summed E-state index contributed by atoms with van der Waals surface area (Å²) in [5.41, 5.74) is 4.91. The van der Waals surface area contributed by atoms with E-state index in [1.165, 1.54) is 22.1 Å². The topological polar surface area (TPSA) is 17.1 Å². The molecule has 2 aromatic carbocycles. The summed E-state index contributed by atoms with van der Waals surface area (Å²) in [7, 11) is 0. The Bertz CT molecular complexity index is 663. The zero-order valence-electron chi connectivity index (χ0n) is 14.0. The van der Waals surface area contributed by atoms with Crippen LogP contribution in [-0.4, -0.2) is 6.29 Å². The van der Waals surface area contributed by atoms with Crippen LogP contribution in [0.25, 0.3) is 10.8 Å². The van der Waals surface area contributed by atoms with Gasteiger partial charge in [0.1, 0.15) is 0 Å². The highest BCUT2D eigenvalue weighted by Gasteiger charge is 2.23. The summed E-state index contributed by atoms with van der Waals surface area (Å²) in [6, 6.07) is 8.34.